The summed E-state index contributed by atoms with van der Waals surface area (Å²) in [4.78, 5) is 17.5. The molecule has 2 aliphatic rings. The van der Waals surface area contributed by atoms with Gasteiger partial charge in [-0.15, -0.1) is 29.1 Å². The second-order valence-corrected chi connectivity index (χ2v) is 18.7. The van der Waals surface area contributed by atoms with Gasteiger partial charge in [-0.2, -0.15) is 0 Å². The van der Waals surface area contributed by atoms with E-state index in [2.05, 4.69) is 89.2 Å². The van der Waals surface area contributed by atoms with Crippen molar-refractivity contribution < 1.29 is 30.0 Å². The predicted octanol–water partition coefficient (Wildman–Crippen LogP) is 15.0. The number of carbonyl (C=O) groups is 1. The zero-order valence-corrected chi connectivity index (χ0v) is 38.5. The molecule has 3 nitrogen and oxygen atoms in total. The molecule has 3 aromatic carbocycles. The topological polar surface area (TPSA) is 50.2 Å². The smallest absolute Gasteiger partial charge is 0.164 e. The Hall–Kier alpha value is -2.81. The molecule has 0 bridgehead atoms. The molecule has 1 spiro atoms. The number of benzene rings is 3. The summed E-state index contributed by atoms with van der Waals surface area (Å²) < 4.78 is 0. The molecule has 1 heterocycles. The molecule has 6 rings (SSSR count). The van der Waals surface area contributed by atoms with Gasteiger partial charge in [-0.05, 0) is 118 Å². The Morgan fingerprint density at radius 1 is 0.836 bits per heavy atom. The predicted molar refractivity (Wildman–Crippen MR) is 232 cm³/mol. The van der Waals surface area contributed by atoms with Gasteiger partial charge in [-0.3, -0.25) is 9.78 Å². The van der Waals surface area contributed by atoms with E-state index in [9.17, 15) is 9.90 Å². The summed E-state index contributed by atoms with van der Waals surface area (Å²) in [6.45, 7) is 23.5. The Labute approximate surface area is 347 Å². The first-order valence-electron chi connectivity index (χ1n) is 21.4. The number of ketones is 1. The third kappa shape index (κ3) is 9.84. The largest absolute Gasteiger partial charge is 0.512 e. The number of pyridine rings is 1. The van der Waals surface area contributed by atoms with Crippen LogP contribution in [-0.2, 0) is 30.3 Å². The fourth-order valence-electron chi connectivity index (χ4n) is 9.27. The van der Waals surface area contributed by atoms with Gasteiger partial charge in [0.1, 0.15) is 5.76 Å². The van der Waals surface area contributed by atoms with Crippen LogP contribution in [-0.4, -0.2) is 15.9 Å². The Bertz CT molecular complexity index is 1960. The van der Waals surface area contributed by atoms with E-state index in [0.29, 0.717) is 11.3 Å². The van der Waals surface area contributed by atoms with E-state index in [1.165, 1.54) is 102 Å². The van der Waals surface area contributed by atoms with Crippen molar-refractivity contribution in [3.05, 3.63) is 88.7 Å². The van der Waals surface area contributed by atoms with Crippen LogP contribution in [0.4, 0.5) is 0 Å². The molecule has 4 aromatic rings. The van der Waals surface area contributed by atoms with Crippen LogP contribution in [0, 0.1) is 36.2 Å². The van der Waals surface area contributed by atoms with Gasteiger partial charge in [0.05, 0.1) is 5.52 Å². The molecule has 0 saturated heterocycles. The molecule has 2 saturated carbocycles. The molecular formula is C51H70IrNO2-. The average Bonchev–Trinajstić information content (AvgIpc) is 3.16. The third-order valence-electron chi connectivity index (χ3n) is 14.1. The van der Waals surface area contributed by atoms with E-state index in [-0.39, 0.29) is 47.9 Å². The molecule has 2 aliphatic carbocycles. The SMILES string of the molecule is CCC(C)(CC)C(=O)/C=C(\O)C(C)(CC)CC.Cc1cc(C)c2c(C3CCC4(CCCCC4)CC3)cc(-c3[c-]c4ccccc4c(C(C)(C)C)c3)nc2c1.[Ir]. The monoisotopic (exact) mass is 922 g/mol. The molecule has 4 heteroatoms. The second-order valence-electron chi connectivity index (χ2n) is 18.7. The number of allylic oxidation sites excluding steroid dienone is 2. The standard InChI is InChI=1S/C36H42N.C15H28O2.Ir/c1-24-19-25(2)34-30(26-13-17-36(18-14-26)15-9-6-10-16-36)23-32(37-33(34)20-24)28-21-27-11-7-8-12-29(27)31(22-28)35(3,4)5;1-7-14(5,8-2)12(16)11-13(17)15(6,9-3)10-4;/h7-8,11-12,19-20,22-23,26H,6,9-10,13-18H2,1-5H3;11,16H,7-10H2,1-6H3;/q-1;;/b;12-11-;. The molecule has 1 aromatic heterocycles. The number of rotatable bonds is 9. The zero-order valence-electron chi connectivity index (χ0n) is 36.1. The van der Waals surface area contributed by atoms with Crippen molar-refractivity contribution in [3.8, 4) is 11.3 Å². The first-order valence-corrected chi connectivity index (χ1v) is 21.4. The number of aryl methyl sites for hydroxylation is 2. The normalized spacial score (nSPS) is 16.8. The van der Waals surface area contributed by atoms with Crippen LogP contribution in [0.3, 0.4) is 0 Å². The Kier molecular flexibility index (Phi) is 14.9. The Morgan fingerprint density at radius 2 is 1.44 bits per heavy atom. The summed E-state index contributed by atoms with van der Waals surface area (Å²) in [6, 6.07) is 21.9. The van der Waals surface area contributed by atoms with E-state index in [0.717, 1.165) is 42.5 Å². The Balaban J connectivity index is 0.000000320. The molecule has 0 amide bonds. The summed E-state index contributed by atoms with van der Waals surface area (Å²) >= 11 is 0. The van der Waals surface area contributed by atoms with Crippen LogP contribution < -0.4 is 0 Å². The molecule has 55 heavy (non-hydrogen) atoms. The fourth-order valence-corrected chi connectivity index (χ4v) is 9.27. The maximum Gasteiger partial charge on any atom is 0.164 e. The van der Waals surface area contributed by atoms with Gasteiger partial charge in [-0.25, -0.2) is 0 Å². The summed E-state index contributed by atoms with van der Waals surface area (Å²) in [6.07, 6.45) is 17.4. The molecular weight excluding hydrogens is 851 g/mol. The van der Waals surface area contributed by atoms with Crippen molar-refractivity contribution in [3.63, 3.8) is 0 Å². The number of hydrogen-bond acceptors (Lipinski definition) is 3. The van der Waals surface area contributed by atoms with E-state index < -0.39 is 0 Å². The van der Waals surface area contributed by atoms with Gasteiger partial charge in [0.25, 0.3) is 0 Å². The quantitative estimate of drug-likeness (QED) is 0.103. The fraction of sp³-hybridized carbons (Fsp3) is 0.569. The van der Waals surface area contributed by atoms with Gasteiger partial charge >= 0.3 is 0 Å². The zero-order chi connectivity index (χ0) is 39.5. The van der Waals surface area contributed by atoms with Crippen molar-refractivity contribution in [1.29, 1.82) is 0 Å². The number of carbonyl (C=O) groups excluding carboxylic acids is 1. The van der Waals surface area contributed by atoms with Crippen LogP contribution in [0.15, 0.2) is 60.4 Å². The minimum absolute atomic E-state index is 0. The van der Waals surface area contributed by atoms with Gasteiger partial charge in [0, 0.05) is 48.1 Å². The van der Waals surface area contributed by atoms with E-state index in [1.807, 2.05) is 41.5 Å². The van der Waals surface area contributed by atoms with E-state index in [4.69, 9.17) is 4.98 Å². The minimum Gasteiger partial charge on any atom is -0.512 e. The van der Waals surface area contributed by atoms with Crippen molar-refractivity contribution in [1.82, 2.24) is 4.98 Å². The van der Waals surface area contributed by atoms with Crippen LogP contribution >= 0.6 is 0 Å². The molecule has 301 valence electrons. The summed E-state index contributed by atoms with van der Waals surface area (Å²) in [5.41, 5.74) is 9.03. The number of aliphatic hydroxyl groups excluding tert-OH is 1. The van der Waals surface area contributed by atoms with E-state index in [1.54, 1.807) is 0 Å². The second kappa shape index (κ2) is 18.2. The minimum atomic E-state index is -0.337. The van der Waals surface area contributed by atoms with Crippen LogP contribution in [0.2, 0.25) is 0 Å². The molecule has 0 aliphatic heterocycles. The number of fused-ring (bicyclic) bond motifs is 2. The van der Waals surface area contributed by atoms with Crippen molar-refractivity contribution in [2.45, 2.75) is 171 Å². The van der Waals surface area contributed by atoms with Crippen LogP contribution in [0.5, 0.6) is 0 Å². The number of aliphatic hydroxyl groups is 1. The van der Waals surface area contributed by atoms with Crippen LogP contribution in [0.1, 0.15) is 174 Å². The van der Waals surface area contributed by atoms with Gasteiger partial charge in [-0.1, -0.05) is 123 Å². The average molecular weight is 921 g/mol. The molecule has 2 fully saturated rings. The molecule has 1 radical (unpaired) electrons. The van der Waals surface area contributed by atoms with Crippen molar-refractivity contribution >= 4 is 27.5 Å². The maximum absolute atomic E-state index is 12.2. The molecule has 0 atom stereocenters. The number of hydrogen-bond donors (Lipinski definition) is 1. The summed E-state index contributed by atoms with van der Waals surface area (Å²) in [5.74, 6) is 0.912. The van der Waals surface area contributed by atoms with Crippen molar-refractivity contribution in [2.75, 3.05) is 0 Å². The Morgan fingerprint density at radius 3 is 2.02 bits per heavy atom. The third-order valence-corrected chi connectivity index (χ3v) is 14.1. The van der Waals surface area contributed by atoms with Crippen LogP contribution in [0.25, 0.3) is 32.9 Å². The number of nitrogens with zero attached hydrogens (tertiary/aromatic N) is 1. The number of aromatic nitrogens is 1. The summed E-state index contributed by atoms with van der Waals surface area (Å²) in [5, 5.41) is 14.0. The van der Waals surface area contributed by atoms with Gasteiger partial charge in [0.2, 0.25) is 0 Å². The molecule has 1 N–H and O–H groups in total. The summed E-state index contributed by atoms with van der Waals surface area (Å²) in [7, 11) is 0. The molecule has 0 unspecified atom stereocenters. The van der Waals surface area contributed by atoms with Gasteiger partial charge in [0.15, 0.2) is 5.78 Å². The van der Waals surface area contributed by atoms with Crippen molar-refractivity contribution in [2.24, 2.45) is 16.2 Å². The first kappa shape index (κ1) is 44.9. The maximum atomic E-state index is 12.2. The van der Waals surface area contributed by atoms with Gasteiger partial charge < -0.3 is 5.11 Å². The first-order chi connectivity index (χ1) is 25.5. The van der Waals surface area contributed by atoms with E-state index >= 15 is 0 Å².